The zero-order valence-corrected chi connectivity index (χ0v) is 15.2. The lowest BCUT2D eigenvalue weighted by Crippen LogP contribution is -2.55. The van der Waals surface area contributed by atoms with Gasteiger partial charge in [-0.05, 0) is 27.2 Å². The van der Waals surface area contributed by atoms with E-state index in [2.05, 4.69) is 17.2 Å². The fourth-order valence-electron chi connectivity index (χ4n) is 3.14. The Labute approximate surface area is 147 Å². The first-order valence-electron chi connectivity index (χ1n) is 8.38. The number of nitrogens with one attached hydrogen (secondary N) is 2. The Morgan fingerprint density at radius 3 is 2.48 bits per heavy atom. The number of β-amino-alcohol motifs (C(OH)–C–C–N with tert-alkyl or cyclic N) is 1. The largest absolute Gasteiger partial charge is 0.444 e. The summed E-state index contributed by atoms with van der Waals surface area (Å²) in [5.41, 5.74) is -1.74. The van der Waals surface area contributed by atoms with Crippen LogP contribution in [0.3, 0.4) is 0 Å². The van der Waals surface area contributed by atoms with Crippen molar-refractivity contribution in [3.8, 4) is 0 Å². The number of amides is 3. The second-order valence-corrected chi connectivity index (χ2v) is 7.62. The number of nitrogens with zero attached hydrogens (tertiary/aromatic N) is 1. The summed E-state index contributed by atoms with van der Waals surface area (Å²) in [5.74, 6) is -0.929. The van der Waals surface area contributed by atoms with Gasteiger partial charge < -0.3 is 20.5 Å². The first-order chi connectivity index (χ1) is 11.5. The van der Waals surface area contributed by atoms with Gasteiger partial charge in [0, 0.05) is 19.4 Å². The fourth-order valence-corrected chi connectivity index (χ4v) is 3.14. The molecule has 8 nitrogen and oxygen atoms in total. The van der Waals surface area contributed by atoms with Crippen molar-refractivity contribution >= 4 is 17.9 Å². The van der Waals surface area contributed by atoms with E-state index in [-0.39, 0.29) is 24.8 Å². The third-order valence-electron chi connectivity index (χ3n) is 4.49. The van der Waals surface area contributed by atoms with Crippen LogP contribution in [0.5, 0.6) is 0 Å². The average Bonchev–Trinajstić information content (AvgIpc) is 3.07. The summed E-state index contributed by atoms with van der Waals surface area (Å²) in [4.78, 5) is 38.4. The van der Waals surface area contributed by atoms with Gasteiger partial charge in [-0.1, -0.05) is 6.08 Å². The second-order valence-electron chi connectivity index (χ2n) is 7.62. The molecule has 1 heterocycles. The molecular weight excluding hydrogens is 326 g/mol. The summed E-state index contributed by atoms with van der Waals surface area (Å²) in [6.45, 7) is 8.88. The Morgan fingerprint density at radius 1 is 1.36 bits per heavy atom. The number of aliphatic hydroxyl groups is 1. The Morgan fingerprint density at radius 2 is 2.00 bits per heavy atom. The van der Waals surface area contributed by atoms with Crippen LogP contribution in [0.2, 0.25) is 0 Å². The van der Waals surface area contributed by atoms with Gasteiger partial charge in [0.2, 0.25) is 11.8 Å². The quantitative estimate of drug-likeness (QED) is 0.624. The molecule has 8 heteroatoms. The number of carbonyl (C=O) groups is 3. The molecule has 0 bridgehead atoms. The van der Waals surface area contributed by atoms with Crippen LogP contribution in [0.4, 0.5) is 4.79 Å². The number of rotatable bonds is 4. The van der Waals surface area contributed by atoms with Gasteiger partial charge in [-0.15, -0.1) is 6.58 Å². The Kier molecular flexibility index (Phi) is 5.13. The smallest absolute Gasteiger partial charge is 0.411 e. The van der Waals surface area contributed by atoms with Crippen LogP contribution in [0.15, 0.2) is 12.7 Å². The molecule has 2 rings (SSSR count). The molecule has 3 amide bonds. The van der Waals surface area contributed by atoms with Crippen molar-refractivity contribution in [1.82, 2.24) is 15.5 Å². The van der Waals surface area contributed by atoms with Gasteiger partial charge in [0.25, 0.3) is 0 Å². The van der Waals surface area contributed by atoms with E-state index in [0.29, 0.717) is 6.42 Å². The normalized spacial score (nSPS) is 31.2. The maximum atomic E-state index is 12.7. The van der Waals surface area contributed by atoms with Gasteiger partial charge in [0.05, 0.1) is 12.6 Å². The SMILES string of the molecule is C=CC1CC1(NC(=O)[C@@H]1C[C@@H](O)CN1C(=O)OC(C)(C)C)C(=O)NC. The summed E-state index contributed by atoms with van der Waals surface area (Å²) in [5, 5.41) is 15.2. The minimum Gasteiger partial charge on any atom is -0.444 e. The number of carbonyl (C=O) groups excluding carboxylic acids is 3. The molecule has 0 aromatic carbocycles. The summed E-state index contributed by atoms with van der Waals surface area (Å²) in [6, 6.07) is -0.877. The van der Waals surface area contributed by atoms with Crippen LogP contribution in [-0.2, 0) is 14.3 Å². The van der Waals surface area contributed by atoms with E-state index < -0.39 is 35.3 Å². The number of aliphatic hydroxyl groups excluding tert-OH is 1. The lowest BCUT2D eigenvalue weighted by Gasteiger charge is -2.29. The fraction of sp³-hybridized carbons (Fsp3) is 0.706. The lowest BCUT2D eigenvalue weighted by atomic mass is 10.1. The summed E-state index contributed by atoms with van der Waals surface area (Å²) >= 11 is 0. The van der Waals surface area contributed by atoms with E-state index in [0.717, 1.165) is 0 Å². The van der Waals surface area contributed by atoms with Gasteiger partial charge in [-0.2, -0.15) is 0 Å². The third kappa shape index (κ3) is 3.95. The predicted octanol–water partition coefficient (Wildman–Crippen LogP) is 0.164. The van der Waals surface area contributed by atoms with Crippen molar-refractivity contribution in [2.45, 2.75) is 56.9 Å². The maximum absolute atomic E-state index is 12.7. The number of ether oxygens (including phenoxy) is 1. The van der Waals surface area contributed by atoms with Crippen LogP contribution < -0.4 is 10.6 Å². The molecule has 3 N–H and O–H groups in total. The summed E-state index contributed by atoms with van der Waals surface area (Å²) < 4.78 is 5.31. The number of hydrogen-bond acceptors (Lipinski definition) is 5. The van der Waals surface area contributed by atoms with E-state index in [9.17, 15) is 19.5 Å². The minimum absolute atomic E-state index is 0.0187. The maximum Gasteiger partial charge on any atom is 0.411 e. The van der Waals surface area contributed by atoms with E-state index in [4.69, 9.17) is 4.74 Å². The highest BCUT2D eigenvalue weighted by Crippen LogP contribution is 2.44. The number of likely N-dealkylation sites (tertiary alicyclic amines) is 1. The van der Waals surface area contributed by atoms with Crippen LogP contribution >= 0.6 is 0 Å². The molecule has 1 aliphatic carbocycles. The molecule has 0 aromatic rings. The van der Waals surface area contributed by atoms with Crippen LogP contribution in [0.1, 0.15) is 33.6 Å². The molecule has 1 saturated heterocycles. The van der Waals surface area contributed by atoms with Crippen molar-refractivity contribution < 1.29 is 24.2 Å². The van der Waals surface area contributed by atoms with Gasteiger partial charge in [-0.3, -0.25) is 14.5 Å². The van der Waals surface area contributed by atoms with Crippen molar-refractivity contribution in [1.29, 1.82) is 0 Å². The van der Waals surface area contributed by atoms with E-state index in [1.807, 2.05) is 0 Å². The molecule has 1 saturated carbocycles. The van der Waals surface area contributed by atoms with E-state index in [1.165, 1.54) is 11.9 Å². The average molecular weight is 353 g/mol. The molecule has 140 valence electrons. The van der Waals surface area contributed by atoms with Crippen LogP contribution in [-0.4, -0.2) is 64.8 Å². The van der Waals surface area contributed by atoms with E-state index >= 15 is 0 Å². The topological polar surface area (TPSA) is 108 Å². The van der Waals surface area contributed by atoms with Gasteiger partial charge in [-0.25, -0.2) is 4.79 Å². The zero-order chi connectivity index (χ0) is 19.0. The Bertz CT molecular complexity index is 585. The van der Waals surface area contributed by atoms with Crippen LogP contribution in [0, 0.1) is 5.92 Å². The zero-order valence-electron chi connectivity index (χ0n) is 15.2. The predicted molar refractivity (Wildman–Crippen MR) is 90.6 cm³/mol. The van der Waals surface area contributed by atoms with Crippen molar-refractivity contribution in [2.24, 2.45) is 5.92 Å². The van der Waals surface area contributed by atoms with Crippen molar-refractivity contribution in [2.75, 3.05) is 13.6 Å². The second kappa shape index (κ2) is 6.67. The lowest BCUT2D eigenvalue weighted by molar-refractivity contribution is -0.132. The monoisotopic (exact) mass is 353 g/mol. The molecule has 0 spiro atoms. The van der Waals surface area contributed by atoms with Crippen LogP contribution in [0.25, 0.3) is 0 Å². The highest BCUT2D eigenvalue weighted by Gasteiger charge is 2.60. The van der Waals surface area contributed by atoms with Gasteiger partial charge >= 0.3 is 6.09 Å². The highest BCUT2D eigenvalue weighted by molar-refractivity contribution is 5.97. The molecule has 2 fully saturated rings. The number of hydrogen-bond donors (Lipinski definition) is 3. The molecule has 0 aromatic heterocycles. The first-order valence-corrected chi connectivity index (χ1v) is 8.38. The van der Waals surface area contributed by atoms with Crippen molar-refractivity contribution in [3.05, 3.63) is 12.7 Å². The standard InChI is InChI=1S/C17H27N3O5/c1-6-10-8-17(10,14(23)18-5)19-13(22)12-7-11(21)9-20(12)15(24)25-16(2,3)4/h6,10-12,21H,1,7-9H2,2-5H3,(H,18,23)(H,19,22)/t10?,11-,12+,17?/m1/s1. The summed E-state index contributed by atoms with van der Waals surface area (Å²) in [6.07, 6.45) is 0.727. The molecule has 2 aliphatic rings. The molecule has 1 aliphatic heterocycles. The minimum atomic E-state index is -1.03. The molecule has 25 heavy (non-hydrogen) atoms. The molecule has 4 atom stereocenters. The molecule has 0 radical (unpaired) electrons. The Balaban J connectivity index is 2.12. The van der Waals surface area contributed by atoms with Gasteiger partial charge in [0.1, 0.15) is 17.2 Å². The third-order valence-corrected chi connectivity index (χ3v) is 4.49. The van der Waals surface area contributed by atoms with E-state index in [1.54, 1.807) is 26.8 Å². The first kappa shape index (κ1) is 19.2. The van der Waals surface area contributed by atoms with Crippen molar-refractivity contribution in [3.63, 3.8) is 0 Å². The summed E-state index contributed by atoms with van der Waals surface area (Å²) in [7, 11) is 1.50. The van der Waals surface area contributed by atoms with Gasteiger partial charge in [0.15, 0.2) is 0 Å². The molecular formula is C17H27N3O5. The Hall–Kier alpha value is -2.09. The molecule has 2 unspecified atom stereocenters. The number of likely N-dealkylation sites (N-methyl/N-ethyl adjacent to an activating group) is 1. The highest BCUT2D eigenvalue weighted by atomic mass is 16.6.